The van der Waals surface area contributed by atoms with Crippen LogP contribution >= 0.6 is 23.7 Å². The Balaban J connectivity index is 0.00000216. The van der Waals surface area contributed by atoms with Crippen molar-refractivity contribution in [2.45, 2.75) is 44.9 Å². The number of amides is 1. The van der Waals surface area contributed by atoms with Gasteiger partial charge in [0.05, 0.1) is 28.8 Å². The van der Waals surface area contributed by atoms with E-state index < -0.39 is 0 Å². The molecule has 1 aliphatic heterocycles. The number of carbonyl (C=O) groups excluding carboxylic acids is 1. The van der Waals surface area contributed by atoms with Gasteiger partial charge in [0.25, 0.3) is 0 Å². The molecule has 2 aromatic rings. The zero-order valence-electron chi connectivity index (χ0n) is 18.7. The van der Waals surface area contributed by atoms with Gasteiger partial charge in [-0.1, -0.05) is 23.5 Å². The van der Waals surface area contributed by atoms with Crippen molar-refractivity contribution in [1.82, 2.24) is 9.88 Å². The second-order valence-corrected chi connectivity index (χ2v) is 11.4. The molecule has 5 aliphatic rings. The number of carbonyl (C=O) groups is 1. The fourth-order valence-corrected chi connectivity index (χ4v) is 8.19. The molecule has 1 aromatic heterocycles. The first kappa shape index (κ1) is 22.6. The molecule has 4 bridgehead atoms. The van der Waals surface area contributed by atoms with Crippen molar-refractivity contribution in [3.05, 3.63) is 24.3 Å². The van der Waals surface area contributed by atoms with Gasteiger partial charge in [0, 0.05) is 26.2 Å². The topological polar surface area (TPSA) is 45.7 Å². The molecule has 1 amide bonds. The van der Waals surface area contributed by atoms with E-state index in [4.69, 9.17) is 9.72 Å². The molecule has 0 spiro atoms. The van der Waals surface area contributed by atoms with Gasteiger partial charge in [-0.15, -0.1) is 12.4 Å². The lowest BCUT2D eigenvalue weighted by Crippen LogP contribution is -2.55. The van der Waals surface area contributed by atoms with Crippen LogP contribution in [0.5, 0.6) is 0 Å². The summed E-state index contributed by atoms with van der Waals surface area (Å²) in [6.45, 7) is 5.46. The molecule has 4 aliphatic carbocycles. The van der Waals surface area contributed by atoms with Crippen LogP contribution in [-0.4, -0.2) is 55.2 Å². The van der Waals surface area contributed by atoms with Crippen LogP contribution in [0.3, 0.4) is 0 Å². The molecule has 0 N–H and O–H groups in total. The van der Waals surface area contributed by atoms with Crippen molar-refractivity contribution in [1.29, 1.82) is 0 Å². The van der Waals surface area contributed by atoms with E-state index in [1.165, 1.54) is 24.0 Å². The number of ether oxygens (including phenoxy) is 1. The maximum atomic E-state index is 14.2. The van der Waals surface area contributed by atoms with Gasteiger partial charge in [-0.2, -0.15) is 0 Å². The summed E-state index contributed by atoms with van der Waals surface area (Å²) in [5, 5.41) is 0.906. The van der Waals surface area contributed by atoms with Crippen LogP contribution in [0.15, 0.2) is 24.3 Å². The van der Waals surface area contributed by atoms with E-state index >= 15 is 0 Å². The molecule has 0 atom stereocenters. The predicted octanol–water partition coefficient (Wildman–Crippen LogP) is 4.99. The fourth-order valence-electron chi connectivity index (χ4n) is 7.20. The highest BCUT2D eigenvalue weighted by Gasteiger charge is 2.55. The third kappa shape index (κ3) is 4.20. The highest BCUT2D eigenvalue weighted by molar-refractivity contribution is 7.22. The monoisotopic (exact) mass is 475 g/mol. The van der Waals surface area contributed by atoms with Gasteiger partial charge in [0.1, 0.15) is 0 Å². The standard InChI is InChI=1S/C25H33N3O2S.ClH/c29-23(25-15-18-12-19(16-25)14-20(13-18)17-25)28(7-3-6-27-8-10-30-11-9-27)24-26-21-4-1-2-5-22(21)31-24;/h1-2,4-5,18-20H,3,6-17H2;1H. The Kier molecular flexibility index (Phi) is 6.49. The lowest BCUT2D eigenvalue weighted by Gasteiger charge is -2.56. The van der Waals surface area contributed by atoms with Crippen LogP contribution in [0.25, 0.3) is 10.2 Å². The second kappa shape index (κ2) is 9.21. The van der Waals surface area contributed by atoms with E-state index in [1.54, 1.807) is 11.3 Å². The third-order valence-corrected chi connectivity index (χ3v) is 9.27. The van der Waals surface area contributed by atoms with Crippen LogP contribution < -0.4 is 4.90 Å². The minimum atomic E-state index is -0.119. The number of rotatable bonds is 6. The molecule has 0 radical (unpaired) electrons. The SMILES string of the molecule is Cl.O=C(N(CCCN1CCOCC1)c1nc2ccccc2s1)C12CC3CC(CC(C3)C1)C2. The van der Waals surface area contributed by atoms with Crippen LogP contribution in [0, 0.1) is 23.2 Å². The predicted molar refractivity (Wildman–Crippen MR) is 132 cm³/mol. The Morgan fingerprint density at radius 1 is 1.09 bits per heavy atom. The number of morpholine rings is 1. The Labute approximate surface area is 200 Å². The maximum absolute atomic E-state index is 14.2. The van der Waals surface area contributed by atoms with E-state index in [9.17, 15) is 4.79 Å². The highest BCUT2D eigenvalue weighted by Crippen LogP contribution is 2.60. The summed E-state index contributed by atoms with van der Waals surface area (Å²) in [7, 11) is 0. The van der Waals surface area contributed by atoms with Crippen LogP contribution in [0.2, 0.25) is 0 Å². The smallest absolute Gasteiger partial charge is 0.235 e. The first-order valence-electron chi connectivity index (χ1n) is 12.2. The molecule has 2 heterocycles. The summed E-state index contributed by atoms with van der Waals surface area (Å²) in [6.07, 6.45) is 8.43. The van der Waals surface area contributed by atoms with Gasteiger partial charge in [0.15, 0.2) is 5.13 Å². The van der Waals surface area contributed by atoms with Gasteiger partial charge >= 0.3 is 0 Å². The summed E-state index contributed by atoms with van der Waals surface area (Å²) in [4.78, 5) is 23.7. The molecular formula is C25H34ClN3O2S. The second-order valence-electron chi connectivity index (χ2n) is 10.4. The molecule has 32 heavy (non-hydrogen) atoms. The summed E-state index contributed by atoms with van der Waals surface area (Å²) in [6, 6.07) is 8.29. The minimum Gasteiger partial charge on any atom is -0.379 e. The third-order valence-electron chi connectivity index (χ3n) is 8.21. The van der Waals surface area contributed by atoms with Gasteiger partial charge in [0.2, 0.25) is 5.91 Å². The fraction of sp³-hybridized carbons (Fsp3) is 0.680. The molecule has 4 saturated carbocycles. The molecule has 5 nitrogen and oxygen atoms in total. The van der Waals surface area contributed by atoms with E-state index in [1.807, 2.05) is 6.07 Å². The average Bonchev–Trinajstić information content (AvgIpc) is 3.20. The molecule has 7 heteroatoms. The minimum absolute atomic E-state index is 0. The summed E-state index contributed by atoms with van der Waals surface area (Å²) in [5.41, 5.74) is 0.893. The quantitative estimate of drug-likeness (QED) is 0.590. The molecule has 1 saturated heterocycles. The van der Waals surface area contributed by atoms with Gasteiger partial charge in [-0.25, -0.2) is 4.98 Å². The van der Waals surface area contributed by atoms with Crippen LogP contribution in [-0.2, 0) is 9.53 Å². The maximum Gasteiger partial charge on any atom is 0.235 e. The lowest BCUT2D eigenvalue weighted by atomic mass is 9.49. The molecule has 7 rings (SSSR count). The first-order valence-corrected chi connectivity index (χ1v) is 13.0. The number of hydrogen-bond acceptors (Lipinski definition) is 5. The van der Waals surface area contributed by atoms with E-state index in [-0.39, 0.29) is 17.8 Å². The largest absolute Gasteiger partial charge is 0.379 e. The number of benzene rings is 1. The normalized spacial score (nSPS) is 31.6. The van der Waals surface area contributed by atoms with Crippen molar-refractivity contribution >= 4 is 45.0 Å². The Bertz CT molecular complexity index is 889. The zero-order valence-corrected chi connectivity index (χ0v) is 20.3. The number of halogens is 1. The molecule has 1 aromatic carbocycles. The van der Waals surface area contributed by atoms with E-state index in [0.29, 0.717) is 5.91 Å². The van der Waals surface area contributed by atoms with Crippen molar-refractivity contribution in [3.63, 3.8) is 0 Å². The zero-order chi connectivity index (χ0) is 20.8. The highest BCUT2D eigenvalue weighted by atomic mass is 35.5. The lowest BCUT2D eigenvalue weighted by molar-refractivity contribution is -0.143. The Hall–Kier alpha value is -1.21. The molecule has 174 valence electrons. The van der Waals surface area contributed by atoms with Crippen molar-refractivity contribution in [3.8, 4) is 0 Å². The van der Waals surface area contributed by atoms with E-state index in [2.05, 4.69) is 28.0 Å². The number of fused-ring (bicyclic) bond motifs is 1. The molecular weight excluding hydrogens is 442 g/mol. The van der Waals surface area contributed by atoms with Crippen LogP contribution in [0.4, 0.5) is 5.13 Å². The number of nitrogens with zero attached hydrogens (tertiary/aromatic N) is 3. The van der Waals surface area contributed by atoms with Gasteiger partial charge in [-0.05, 0) is 74.8 Å². The van der Waals surface area contributed by atoms with Crippen molar-refractivity contribution < 1.29 is 9.53 Å². The number of thiazole rings is 1. The number of anilines is 1. The molecule has 5 fully saturated rings. The number of para-hydroxylation sites is 1. The van der Waals surface area contributed by atoms with Crippen molar-refractivity contribution in [2.75, 3.05) is 44.3 Å². The Morgan fingerprint density at radius 3 is 2.41 bits per heavy atom. The van der Waals surface area contributed by atoms with Crippen molar-refractivity contribution in [2.24, 2.45) is 23.2 Å². The molecule has 0 unspecified atom stereocenters. The Morgan fingerprint density at radius 2 is 1.75 bits per heavy atom. The number of aromatic nitrogens is 1. The van der Waals surface area contributed by atoms with Gasteiger partial charge < -0.3 is 4.74 Å². The van der Waals surface area contributed by atoms with Crippen LogP contribution in [0.1, 0.15) is 44.9 Å². The van der Waals surface area contributed by atoms with Gasteiger partial charge in [-0.3, -0.25) is 14.6 Å². The summed E-state index contributed by atoms with van der Waals surface area (Å²) >= 11 is 1.68. The average molecular weight is 476 g/mol. The first-order chi connectivity index (χ1) is 15.2. The number of hydrogen-bond donors (Lipinski definition) is 0. The summed E-state index contributed by atoms with van der Waals surface area (Å²) < 4.78 is 6.67. The summed E-state index contributed by atoms with van der Waals surface area (Å²) in [5.74, 6) is 2.72. The van der Waals surface area contributed by atoms with E-state index in [0.717, 1.165) is 93.5 Å².